The van der Waals surface area contributed by atoms with Gasteiger partial charge in [-0.25, -0.2) is 9.97 Å². The molecule has 5 nitrogen and oxygen atoms in total. The maximum atomic E-state index is 11.6. The largest absolute Gasteiger partial charge is 0.319 e. The highest BCUT2D eigenvalue weighted by atomic mass is 35.5. The van der Waals surface area contributed by atoms with E-state index in [0.29, 0.717) is 29.8 Å². The molecule has 0 saturated carbocycles. The van der Waals surface area contributed by atoms with Crippen molar-refractivity contribution in [2.75, 3.05) is 18.9 Å². The fourth-order valence-corrected chi connectivity index (χ4v) is 1.67. The number of fused-ring (bicyclic) bond motifs is 1. The van der Waals surface area contributed by atoms with Crippen LogP contribution in [0.2, 0.25) is 5.15 Å². The summed E-state index contributed by atoms with van der Waals surface area (Å²) in [7, 11) is 1.79. The van der Waals surface area contributed by atoms with Gasteiger partial charge < -0.3 is 10.6 Å². The Balaban J connectivity index is 2.22. The van der Waals surface area contributed by atoms with E-state index in [9.17, 15) is 4.79 Å². The second-order valence-corrected chi connectivity index (χ2v) is 4.11. The van der Waals surface area contributed by atoms with Gasteiger partial charge in [-0.15, -0.1) is 0 Å². The minimum atomic E-state index is -0.143. The highest BCUT2D eigenvalue weighted by Crippen LogP contribution is 2.20. The van der Waals surface area contributed by atoms with Crippen molar-refractivity contribution in [2.24, 2.45) is 0 Å². The van der Waals surface area contributed by atoms with E-state index in [1.54, 1.807) is 7.05 Å². The Morgan fingerprint density at radius 2 is 1.94 bits per heavy atom. The van der Waals surface area contributed by atoms with Crippen LogP contribution in [-0.2, 0) is 4.79 Å². The lowest BCUT2D eigenvalue weighted by molar-refractivity contribution is -0.116. The van der Waals surface area contributed by atoms with Crippen LogP contribution < -0.4 is 10.6 Å². The number of carbonyl (C=O) groups is 1. The molecule has 1 amide bonds. The first-order chi connectivity index (χ1) is 8.70. The van der Waals surface area contributed by atoms with Crippen molar-refractivity contribution >= 4 is 34.4 Å². The molecular formula is C12H13ClN4O. The van der Waals surface area contributed by atoms with Crippen molar-refractivity contribution in [1.29, 1.82) is 0 Å². The quantitative estimate of drug-likeness (QED) is 0.884. The van der Waals surface area contributed by atoms with Crippen LogP contribution >= 0.6 is 11.6 Å². The molecule has 0 aliphatic rings. The molecule has 0 radical (unpaired) electrons. The fraction of sp³-hybridized carbons (Fsp3) is 0.250. The Labute approximate surface area is 110 Å². The van der Waals surface area contributed by atoms with Gasteiger partial charge in [0.2, 0.25) is 5.91 Å². The van der Waals surface area contributed by atoms with Crippen LogP contribution in [-0.4, -0.2) is 29.5 Å². The van der Waals surface area contributed by atoms with Crippen LogP contribution in [0.25, 0.3) is 11.0 Å². The Kier molecular flexibility index (Phi) is 4.07. The van der Waals surface area contributed by atoms with Crippen molar-refractivity contribution < 1.29 is 4.79 Å². The topological polar surface area (TPSA) is 66.9 Å². The third kappa shape index (κ3) is 2.94. The van der Waals surface area contributed by atoms with E-state index >= 15 is 0 Å². The molecule has 0 unspecified atom stereocenters. The number of carbonyl (C=O) groups excluding carboxylic acids is 1. The Bertz CT molecular complexity index is 573. The van der Waals surface area contributed by atoms with Crippen LogP contribution in [0.4, 0.5) is 5.82 Å². The molecule has 0 fully saturated rings. The zero-order valence-electron chi connectivity index (χ0n) is 9.90. The molecule has 1 heterocycles. The van der Waals surface area contributed by atoms with E-state index in [1.807, 2.05) is 24.3 Å². The third-order valence-corrected chi connectivity index (χ3v) is 2.65. The zero-order valence-corrected chi connectivity index (χ0v) is 10.7. The van der Waals surface area contributed by atoms with Crippen LogP contribution in [0, 0.1) is 0 Å². The first-order valence-electron chi connectivity index (χ1n) is 5.57. The molecule has 0 bridgehead atoms. The minimum Gasteiger partial charge on any atom is -0.319 e. The number of hydrogen-bond donors (Lipinski definition) is 2. The summed E-state index contributed by atoms with van der Waals surface area (Å²) in [6.07, 6.45) is 0.362. The lowest BCUT2D eigenvalue weighted by atomic mass is 10.3. The highest BCUT2D eigenvalue weighted by molar-refractivity contribution is 6.32. The molecular weight excluding hydrogens is 252 g/mol. The summed E-state index contributed by atoms with van der Waals surface area (Å²) >= 11 is 5.98. The van der Waals surface area contributed by atoms with Gasteiger partial charge in [0.25, 0.3) is 0 Å². The van der Waals surface area contributed by atoms with Crippen LogP contribution in [0.15, 0.2) is 24.3 Å². The van der Waals surface area contributed by atoms with E-state index in [-0.39, 0.29) is 11.1 Å². The molecule has 0 atom stereocenters. The normalized spacial score (nSPS) is 10.6. The van der Waals surface area contributed by atoms with E-state index in [0.717, 1.165) is 0 Å². The molecule has 6 heteroatoms. The maximum Gasteiger partial charge on any atom is 0.226 e. The van der Waals surface area contributed by atoms with E-state index in [2.05, 4.69) is 20.6 Å². The Morgan fingerprint density at radius 3 is 2.61 bits per heavy atom. The third-order valence-electron chi connectivity index (χ3n) is 2.39. The van der Waals surface area contributed by atoms with Crippen molar-refractivity contribution in [1.82, 2.24) is 15.3 Å². The standard InChI is InChI=1S/C12H13ClN4O/c1-14-7-6-10(18)17-12-11(13)15-8-4-2-3-5-9(8)16-12/h2-5,14H,6-7H2,1H3,(H,16,17,18). The molecule has 0 saturated heterocycles. The molecule has 1 aromatic carbocycles. The summed E-state index contributed by atoms with van der Waals surface area (Å²) in [5, 5.41) is 5.75. The summed E-state index contributed by atoms with van der Waals surface area (Å²) in [4.78, 5) is 20.0. The molecule has 0 aliphatic carbocycles. The number of hydrogen-bond acceptors (Lipinski definition) is 4. The molecule has 1 aromatic heterocycles. The first-order valence-corrected chi connectivity index (χ1v) is 5.95. The Hall–Kier alpha value is -1.72. The van der Waals surface area contributed by atoms with Crippen molar-refractivity contribution in [3.63, 3.8) is 0 Å². The number of halogens is 1. The highest BCUT2D eigenvalue weighted by Gasteiger charge is 2.09. The van der Waals surface area contributed by atoms with Crippen LogP contribution in [0.3, 0.4) is 0 Å². The van der Waals surface area contributed by atoms with E-state index in [1.165, 1.54) is 0 Å². The number of rotatable bonds is 4. The van der Waals surface area contributed by atoms with Gasteiger partial charge in [0.1, 0.15) is 0 Å². The predicted octanol–water partition coefficient (Wildman–Crippen LogP) is 1.83. The molecule has 0 aliphatic heterocycles. The summed E-state index contributed by atoms with van der Waals surface area (Å²) in [6, 6.07) is 7.36. The minimum absolute atomic E-state index is 0.143. The number of para-hydroxylation sites is 2. The summed E-state index contributed by atoms with van der Waals surface area (Å²) in [5.41, 5.74) is 1.40. The van der Waals surface area contributed by atoms with E-state index < -0.39 is 0 Å². The molecule has 2 rings (SSSR count). The number of nitrogens with zero attached hydrogens (tertiary/aromatic N) is 2. The van der Waals surface area contributed by atoms with Crippen LogP contribution in [0.1, 0.15) is 6.42 Å². The van der Waals surface area contributed by atoms with Gasteiger partial charge in [0.05, 0.1) is 11.0 Å². The summed E-state index contributed by atoms with van der Waals surface area (Å²) in [5.74, 6) is 0.160. The summed E-state index contributed by atoms with van der Waals surface area (Å²) < 4.78 is 0. The molecule has 2 N–H and O–H groups in total. The monoisotopic (exact) mass is 264 g/mol. The number of nitrogens with one attached hydrogen (secondary N) is 2. The lowest BCUT2D eigenvalue weighted by Crippen LogP contribution is -2.19. The van der Waals surface area contributed by atoms with Crippen molar-refractivity contribution in [3.05, 3.63) is 29.4 Å². The average Bonchev–Trinajstić information content (AvgIpc) is 2.37. The Morgan fingerprint density at radius 1 is 1.28 bits per heavy atom. The number of aromatic nitrogens is 2. The maximum absolute atomic E-state index is 11.6. The summed E-state index contributed by atoms with van der Waals surface area (Å²) in [6.45, 7) is 0.602. The average molecular weight is 265 g/mol. The SMILES string of the molecule is CNCCC(=O)Nc1nc2ccccc2nc1Cl. The second-order valence-electron chi connectivity index (χ2n) is 3.75. The number of amides is 1. The fourth-order valence-electron chi connectivity index (χ4n) is 1.49. The molecule has 94 valence electrons. The van der Waals surface area contributed by atoms with Crippen molar-refractivity contribution in [3.8, 4) is 0 Å². The first kappa shape index (κ1) is 12.7. The molecule has 18 heavy (non-hydrogen) atoms. The predicted molar refractivity (Wildman–Crippen MR) is 71.7 cm³/mol. The number of benzene rings is 1. The van der Waals surface area contributed by atoms with Gasteiger partial charge in [-0.1, -0.05) is 23.7 Å². The second kappa shape index (κ2) is 5.75. The zero-order chi connectivity index (χ0) is 13.0. The van der Waals surface area contributed by atoms with Crippen LogP contribution in [0.5, 0.6) is 0 Å². The van der Waals surface area contributed by atoms with Gasteiger partial charge in [0.15, 0.2) is 11.0 Å². The van der Waals surface area contributed by atoms with Gasteiger partial charge >= 0.3 is 0 Å². The smallest absolute Gasteiger partial charge is 0.226 e. The van der Waals surface area contributed by atoms with Gasteiger partial charge in [-0.3, -0.25) is 4.79 Å². The van der Waals surface area contributed by atoms with Gasteiger partial charge in [-0.2, -0.15) is 0 Å². The van der Waals surface area contributed by atoms with Crippen molar-refractivity contribution in [2.45, 2.75) is 6.42 Å². The lowest BCUT2D eigenvalue weighted by Gasteiger charge is -2.06. The molecule has 2 aromatic rings. The van der Waals surface area contributed by atoms with Gasteiger partial charge in [-0.05, 0) is 19.2 Å². The molecule has 0 spiro atoms. The van der Waals surface area contributed by atoms with Gasteiger partial charge in [0, 0.05) is 13.0 Å². The van der Waals surface area contributed by atoms with E-state index in [4.69, 9.17) is 11.6 Å². The number of anilines is 1.